The van der Waals surface area contributed by atoms with Gasteiger partial charge in [-0.25, -0.2) is 17.5 Å². The Hall–Kier alpha value is -1.71. The van der Waals surface area contributed by atoms with Crippen LogP contribution in [0.3, 0.4) is 0 Å². The van der Waals surface area contributed by atoms with Gasteiger partial charge in [-0.3, -0.25) is 4.79 Å². The average Bonchev–Trinajstić information content (AvgIpc) is 2.66. The van der Waals surface area contributed by atoms with E-state index in [9.17, 15) is 17.6 Å². The molecule has 2 aliphatic rings. The van der Waals surface area contributed by atoms with Crippen molar-refractivity contribution in [2.24, 2.45) is 5.92 Å². The summed E-state index contributed by atoms with van der Waals surface area (Å²) in [5.74, 6) is -0.735. The summed E-state index contributed by atoms with van der Waals surface area (Å²) in [6.45, 7) is 10.2. The van der Waals surface area contributed by atoms with Crippen LogP contribution in [0.2, 0.25) is 0 Å². The highest BCUT2D eigenvalue weighted by Gasteiger charge is 2.34. The van der Waals surface area contributed by atoms with Crippen LogP contribution in [-0.4, -0.2) is 50.4 Å². The third-order valence-electron chi connectivity index (χ3n) is 6.20. The van der Waals surface area contributed by atoms with Crippen molar-refractivity contribution in [1.82, 2.24) is 4.72 Å². The molecule has 9 heteroatoms. The number of carbonyl (C=O) groups is 1. The van der Waals surface area contributed by atoms with Crippen molar-refractivity contribution in [1.29, 1.82) is 0 Å². The van der Waals surface area contributed by atoms with Gasteiger partial charge in [0.05, 0.1) is 22.6 Å². The van der Waals surface area contributed by atoms with E-state index in [0.717, 1.165) is 0 Å². The third-order valence-corrected chi connectivity index (χ3v) is 8.46. The summed E-state index contributed by atoms with van der Waals surface area (Å²) in [4.78, 5) is 14.7. The molecule has 0 spiro atoms. The van der Waals surface area contributed by atoms with E-state index < -0.39 is 14.8 Å². The maximum absolute atomic E-state index is 14.8. The Balaban J connectivity index is 1.55. The molecule has 0 aromatic heterocycles. The molecule has 32 heavy (non-hydrogen) atoms. The number of hydrogen-bond acceptors (Lipinski definition) is 5. The predicted molar refractivity (Wildman–Crippen MR) is 125 cm³/mol. The molecule has 1 heterocycles. The van der Waals surface area contributed by atoms with Crippen molar-refractivity contribution in [2.75, 3.05) is 23.3 Å². The molecule has 1 aromatic carbocycles. The summed E-state index contributed by atoms with van der Waals surface area (Å²) >= 11 is 0. The fourth-order valence-electron chi connectivity index (χ4n) is 4.33. The van der Waals surface area contributed by atoms with Crippen LogP contribution in [0.25, 0.3) is 0 Å². The van der Waals surface area contributed by atoms with Gasteiger partial charge in [-0.15, -0.1) is 0 Å². The fraction of sp³-hybridized carbons (Fsp3) is 0.696. The molecule has 0 bridgehead atoms. The summed E-state index contributed by atoms with van der Waals surface area (Å²) < 4.78 is 47.1. The number of carbonyl (C=O) groups excluding carboxylic acids is 1. The summed E-state index contributed by atoms with van der Waals surface area (Å²) in [5.41, 5.74) is 0.942. The monoisotopic (exact) mass is 469 g/mol. The quantitative estimate of drug-likeness (QED) is 0.687. The number of halogens is 1. The van der Waals surface area contributed by atoms with Crippen molar-refractivity contribution in [3.8, 4) is 0 Å². The normalized spacial score (nSPS) is 27.2. The number of anilines is 2. The first-order chi connectivity index (χ1) is 14.9. The van der Waals surface area contributed by atoms with Gasteiger partial charge in [-0.05, 0) is 78.5 Å². The summed E-state index contributed by atoms with van der Waals surface area (Å²) in [6, 6.07) is 4.64. The molecule has 3 rings (SSSR count). The van der Waals surface area contributed by atoms with Crippen LogP contribution in [0.4, 0.5) is 15.8 Å². The minimum absolute atomic E-state index is 0.0283. The lowest BCUT2D eigenvalue weighted by Gasteiger charge is -2.37. The number of benzene rings is 1. The van der Waals surface area contributed by atoms with Crippen LogP contribution in [0.5, 0.6) is 0 Å². The minimum Gasteiger partial charge on any atom is -0.372 e. The molecule has 1 aliphatic carbocycles. The molecule has 1 aliphatic heterocycles. The van der Waals surface area contributed by atoms with Gasteiger partial charge in [0.25, 0.3) is 0 Å². The van der Waals surface area contributed by atoms with Gasteiger partial charge >= 0.3 is 0 Å². The Kier molecular flexibility index (Phi) is 7.51. The molecule has 1 saturated heterocycles. The van der Waals surface area contributed by atoms with Crippen molar-refractivity contribution < 1.29 is 22.3 Å². The van der Waals surface area contributed by atoms with E-state index in [-0.39, 0.29) is 35.9 Å². The van der Waals surface area contributed by atoms with E-state index in [4.69, 9.17) is 4.74 Å². The van der Waals surface area contributed by atoms with Gasteiger partial charge < -0.3 is 15.0 Å². The lowest BCUT2D eigenvalue weighted by molar-refractivity contribution is -0.120. The van der Waals surface area contributed by atoms with Crippen molar-refractivity contribution in [3.05, 3.63) is 24.0 Å². The summed E-state index contributed by atoms with van der Waals surface area (Å²) in [5, 5.41) is 2.83. The predicted octanol–water partition coefficient (Wildman–Crippen LogP) is 3.65. The molecule has 7 nitrogen and oxygen atoms in total. The number of amides is 1. The number of nitrogens with one attached hydrogen (secondary N) is 2. The standard InChI is InChI=1S/C23H36FN3O4S/c1-15-13-27(14-16(2)31-15)21-11-10-19(12-20(21)24)25-22(28)17-6-8-18(9-7-17)26-32(29,30)23(3,4)5/h10-12,15-18,26H,6-9,13-14H2,1-5H3,(H,25,28)/t15-,16+,17-,18-. The zero-order valence-corrected chi connectivity index (χ0v) is 20.5. The number of ether oxygens (including phenoxy) is 1. The van der Waals surface area contributed by atoms with Gasteiger partial charge in [-0.2, -0.15) is 0 Å². The lowest BCUT2D eigenvalue weighted by atomic mass is 9.86. The van der Waals surface area contributed by atoms with Crippen LogP contribution in [0.15, 0.2) is 18.2 Å². The van der Waals surface area contributed by atoms with Crippen LogP contribution < -0.4 is 14.9 Å². The van der Waals surface area contributed by atoms with E-state index in [1.807, 2.05) is 18.7 Å². The first kappa shape index (κ1) is 24.9. The highest BCUT2D eigenvalue weighted by atomic mass is 32.2. The van der Waals surface area contributed by atoms with E-state index in [0.29, 0.717) is 50.1 Å². The number of morpholine rings is 1. The second kappa shape index (κ2) is 9.65. The van der Waals surface area contributed by atoms with Crippen LogP contribution in [-0.2, 0) is 19.6 Å². The number of nitrogens with zero attached hydrogens (tertiary/aromatic N) is 1. The zero-order chi connectivity index (χ0) is 23.7. The Bertz CT molecular complexity index is 914. The molecule has 1 saturated carbocycles. The number of hydrogen-bond donors (Lipinski definition) is 2. The van der Waals surface area contributed by atoms with Gasteiger partial charge in [0.15, 0.2) is 0 Å². The Morgan fingerprint density at radius 2 is 1.69 bits per heavy atom. The topological polar surface area (TPSA) is 87.7 Å². The van der Waals surface area contributed by atoms with Gasteiger partial charge in [0.1, 0.15) is 5.82 Å². The average molecular weight is 470 g/mol. The second-order valence-electron chi connectivity index (χ2n) is 10.1. The summed E-state index contributed by atoms with van der Waals surface area (Å²) in [7, 11) is -3.41. The Labute approximate surface area is 191 Å². The van der Waals surface area contributed by atoms with E-state index >= 15 is 0 Å². The van der Waals surface area contributed by atoms with Crippen LogP contribution in [0, 0.1) is 11.7 Å². The highest BCUT2D eigenvalue weighted by molar-refractivity contribution is 7.90. The minimum atomic E-state index is -3.41. The van der Waals surface area contributed by atoms with Crippen molar-refractivity contribution in [3.63, 3.8) is 0 Å². The second-order valence-corrected chi connectivity index (χ2v) is 12.6. The molecular weight excluding hydrogens is 433 g/mol. The molecule has 2 fully saturated rings. The van der Waals surface area contributed by atoms with Gasteiger partial charge in [0, 0.05) is 30.7 Å². The Morgan fingerprint density at radius 1 is 1.09 bits per heavy atom. The molecule has 1 aromatic rings. The summed E-state index contributed by atoms with van der Waals surface area (Å²) in [6.07, 6.45) is 2.45. The van der Waals surface area contributed by atoms with Gasteiger partial charge in [-0.1, -0.05) is 0 Å². The fourth-order valence-corrected chi connectivity index (χ4v) is 5.36. The van der Waals surface area contributed by atoms with E-state index in [1.54, 1.807) is 32.9 Å². The maximum Gasteiger partial charge on any atom is 0.227 e. The zero-order valence-electron chi connectivity index (χ0n) is 19.7. The van der Waals surface area contributed by atoms with E-state index in [2.05, 4.69) is 10.0 Å². The van der Waals surface area contributed by atoms with Crippen molar-refractivity contribution >= 4 is 27.3 Å². The molecule has 1 amide bonds. The molecule has 2 N–H and O–H groups in total. The maximum atomic E-state index is 14.8. The third kappa shape index (κ3) is 5.99. The van der Waals surface area contributed by atoms with E-state index in [1.165, 1.54) is 6.07 Å². The SMILES string of the molecule is C[C@@H]1CN(c2ccc(NC(=O)[C@H]3CC[C@H](NS(=O)(=O)C(C)(C)C)CC3)cc2F)C[C@H](C)O1. The molecule has 2 atom stereocenters. The van der Waals surface area contributed by atoms with Gasteiger partial charge in [0.2, 0.25) is 15.9 Å². The first-order valence-corrected chi connectivity index (χ1v) is 12.9. The number of rotatable bonds is 5. The van der Waals surface area contributed by atoms with Crippen LogP contribution in [0.1, 0.15) is 60.3 Å². The molecule has 0 radical (unpaired) electrons. The molecule has 0 unspecified atom stereocenters. The molecular formula is C23H36FN3O4S. The largest absolute Gasteiger partial charge is 0.372 e. The lowest BCUT2D eigenvalue weighted by Crippen LogP contribution is -2.46. The van der Waals surface area contributed by atoms with Crippen LogP contribution >= 0.6 is 0 Å². The smallest absolute Gasteiger partial charge is 0.227 e. The van der Waals surface area contributed by atoms with Crippen molar-refractivity contribution in [2.45, 2.75) is 83.3 Å². The first-order valence-electron chi connectivity index (χ1n) is 11.4. The number of sulfonamides is 1. The highest BCUT2D eigenvalue weighted by Crippen LogP contribution is 2.29. The molecule has 180 valence electrons. The Morgan fingerprint density at radius 3 is 2.22 bits per heavy atom.